The van der Waals surface area contributed by atoms with E-state index in [1.54, 1.807) is 11.3 Å². The normalized spacial score (nSPS) is 10.0. The maximum Gasteiger partial charge on any atom is 0.187 e. The van der Waals surface area contributed by atoms with Crippen molar-refractivity contribution >= 4 is 34.4 Å². The van der Waals surface area contributed by atoms with Crippen molar-refractivity contribution in [2.45, 2.75) is 6.54 Å². The summed E-state index contributed by atoms with van der Waals surface area (Å²) in [6, 6.07) is 24.2. The number of nitrogens with zero attached hydrogens (tertiary/aromatic N) is 1. The summed E-state index contributed by atoms with van der Waals surface area (Å²) in [5.41, 5.74) is 5.89. The van der Waals surface area contributed by atoms with Crippen molar-refractivity contribution in [3.8, 4) is 0 Å². The highest BCUT2D eigenvalue weighted by atomic mass is 32.1. The van der Waals surface area contributed by atoms with Gasteiger partial charge >= 0.3 is 0 Å². The minimum atomic E-state index is 0.507. The molecule has 0 aliphatic rings. The summed E-state index contributed by atoms with van der Waals surface area (Å²) >= 11 is 7.02. The molecule has 1 aromatic heterocycles. The predicted octanol–water partition coefficient (Wildman–Crippen LogP) is 4.16. The molecule has 1 heterocycles. The van der Waals surface area contributed by atoms with E-state index in [1.807, 2.05) is 66.7 Å². The third-order valence-electron chi connectivity index (χ3n) is 3.37. The highest BCUT2D eigenvalue weighted by molar-refractivity contribution is 7.80. The van der Waals surface area contributed by atoms with Crippen LogP contribution < -0.4 is 10.7 Å². The lowest BCUT2D eigenvalue weighted by Gasteiger charge is -2.10. The van der Waals surface area contributed by atoms with E-state index in [0.717, 1.165) is 16.8 Å². The Hall–Kier alpha value is -2.50. The van der Waals surface area contributed by atoms with Gasteiger partial charge in [-0.1, -0.05) is 66.7 Å². The van der Waals surface area contributed by atoms with E-state index in [4.69, 9.17) is 12.2 Å². The molecule has 24 heavy (non-hydrogen) atoms. The Kier molecular flexibility index (Phi) is 5.71. The Morgan fingerprint density at radius 3 is 2.04 bits per heavy atom. The summed E-state index contributed by atoms with van der Waals surface area (Å²) in [6.07, 6.45) is 0. The highest BCUT2D eigenvalue weighted by Crippen LogP contribution is 2.10. The Morgan fingerprint density at radius 1 is 0.875 bits per heavy atom. The van der Waals surface area contributed by atoms with Crippen LogP contribution in [0.3, 0.4) is 0 Å². The molecule has 3 rings (SSSR count). The molecule has 0 atom stereocenters. The van der Waals surface area contributed by atoms with Crippen LogP contribution in [0.25, 0.3) is 0 Å². The molecule has 0 spiro atoms. The first-order valence-electron chi connectivity index (χ1n) is 7.57. The highest BCUT2D eigenvalue weighted by Gasteiger charge is 2.06. The van der Waals surface area contributed by atoms with E-state index in [9.17, 15) is 0 Å². The quantitative estimate of drug-likeness (QED) is 0.412. The number of hydrazone groups is 1. The van der Waals surface area contributed by atoms with Crippen LogP contribution in [0, 0.1) is 0 Å². The predicted molar refractivity (Wildman–Crippen MR) is 105 cm³/mol. The molecule has 0 saturated carbocycles. The zero-order valence-electron chi connectivity index (χ0n) is 13.0. The van der Waals surface area contributed by atoms with Gasteiger partial charge < -0.3 is 5.32 Å². The molecule has 2 aromatic carbocycles. The summed E-state index contributed by atoms with van der Waals surface area (Å²) in [5.74, 6) is 0. The average Bonchev–Trinajstić information content (AvgIpc) is 3.16. The van der Waals surface area contributed by atoms with Gasteiger partial charge in [0.2, 0.25) is 0 Å². The van der Waals surface area contributed by atoms with Gasteiger partial charge in [-0.25, -0.2) is 0 Å². The molecular formula is C19H17N3S2. The van der Waals surface area contributed by atoms with Crippen molar-refractivity contribution in [1.82, 2.24) is 10.7 Å². The second kappa shape index (κ2) is 8.38. The molecule has 0 bridgehead atoms. The molecule has 3 nitrogen and oxygen atoms in total. The van der Waals surface area contributed by atoms with Gasteiger partial charge in [0.05, 0.1) is 12.3 Å². The monoisotopic (exact) mass is 351 g/mol. The standard InChI is InChI=1S/C19H17N3S2/c23-19(20-14-17-12-7-13-24-17)22-21-18(15-8-3-1-4-9-15)16-10-5-2-6-11-16/h1-13H,14H2,(H2,20,22,23). The van der Waals surface area contributed by atoms with Gasteiger partial charge in [-0.2, -0.15) is 5.10 Å². The van der Waals surface area contributed by atoms with Gasteiger partial charge in [0, 0.05) is 16.0 Å². The summed E-state index contributed by atoms with van der Waals surface area (Å²) in [4.78, 5) is 1.23. The van der Waals surface area contributed by atoms with Gasteiger partial charge in [-0.3, -0.25) is 5.43 Å². The first kappa shape index (κ1) is 16.4. The maximum atomic E-state index is 5.32. The largest absolute Gasteiger partial charge is 0.356 e. The molecule has 0 fully saturated rings. The van der Waals surface area contributed by atoms with E-state index in [1.165, 1.54) is 4.88 Å². The van der Waals surface area contributed by atoms with Gasteiger partial charge in [-0.05, 0) is 23.7 Å². The van der Waals surface area contributed by atoms with Crippen LogP contribution in [-0.2, 0) is 6.54 Å². The summed E-state index contributed by atoms with van der Waals surface area (Å²) < 4.78 is 0. The van der Waals surface area contributed by atoms with E-state index in [0.29, 0.717) is 11.7 Å². The number of hydrogen-bond acceptors (Lipinski definition) is 3. The van der Waals surface area contributed by atoms with Crippen LogP contribution in [0.15, 0.2) is 83.3 Å². The number of thiophene rings is 1. The number of rotatable bonds is 5. The molecular weight excluding hydrogens is 334 g/mol. The van der Waals surface area contributed by atoms with Crippen molar-refractivity contribution in [1.29, 1.82) is 0 Å². The zero-order chi connectivity index (χ0) is 16.6. The zero-order valence-corrected chi connectivity index (χ0v) is 14.6. The summed E-state index contributed by atoms with van der Waals surface area (Å²) in [5, 5.41) is 10.3. The number of nitrogens with one attached hydrogen (secondary N) is 2. The lowest BCUT2D eigenvalue weighted by molar-refractivity contribution is 0.879. The minimum Gasteiger partial charge on any atom is -0.356 e. The van der Waals surface area contributed by atoms with Crippen molar-refractivity contribution in [2.75, 3.05) is 0 Å². The average molecular weight is 352 g/mol. The van der Waals surface area contributed by atoms with E-state index >= 15 is 0 Å². The summed E-state index contributed by atoms with van der Waals surface area (Å²) in [7, 11) is 0. The summed E-state index contributed by atoms with van der Waals surface area (Å²) in [6.45, 7) is 0.699. The third kappa shape index (κ3) is 4.50. The topological polar surface area (TPSA) is 36.4 Å². The lowest BCUT2D eigenvalue weighted by atomic mass is 10.0. The molecule has 120 valence electrons. The van der Waals surface area contributed by atoms with Crippen molar-refractivity contribution in [2.24, 2.45) is 5.10 Å². The van der Waals surface area contributed by atoms with Crippen LogP contribution in [0.1, 0.15) is 16.0 Å². The molecule has 0 amide bonds. The van der Waals surface area contributed by atoms with E-state index in [2.05, 4.69) is 27.3 Å². The van der Waals surface area contributed by atoms with Crippen molar-refractivity contribution in [3.05, 3.63) is 94.2 Å². The van der Waals surface area contributed by atoms with Gasteiger partial charge in [0.1, 0.15) is 0 Å². The maximum absolute atomic E-state index is 5.32. The van der Waals surface area contributed by atoms with E-state index in [-0.39, 0.29) is 0 Å². The van der Waals surface area contributed by atoms with Crippen LogP contribution in [0.4, 0.5) is 0 Å². The van der Waals surface area contributed by atoms with Gasteiger partial charge in [0.25, 0.3) is 0 Å². The molecule has 5 heteroatoms. The minimum absolute atomic E-state index is 0.507. The molecule has 0 aliphatic carbocycles. The molecule has 2 N–H and O–H groups in total. The molecule has 0 radical (unpaired) electrons. The Morgan fingerprint density at radius 2 is 1.50 bits per heavy atom. The Labute approximate surface area is 151 Å². The van der Waals surface area contributed by atoms with Crippen LogP contribution in [0.5, 0.6) is 0 Å². The second-order valence-electron chi connectivity index (χ2n) is 5.07. The van der Waals surface area contributed by atoms with Crippen molar-refractivity contribution in [3.63, 3.8) is 0 Å². The number of thiocarbonyl (C=S) groups is 1. The Bertz CT molecular complexity index is 756. The first-order chi connectivity index (χ1) is 11.8. The first-order valence-corrected chi connectivity index (χ1v) is 8.86. The fourth-order valence-corrected chi connectivity index (χ4v) is 2.98. The van der Waals surface area contributed by atoms with Crippen LogP contribution in [-0.4, -0.2) is 10.8 Å². The number of benzene rings is 2. The molecule has 0 aliphatic heterocycles. The third-order valence-corrected chi connectivity index (χ3v) is 4.48. The van der Waals surface area contributed by atoms with Crippen molar-refractivity contribution < 1.29 is 0 Å². The smallest absolute Gasteiger partial charge is 0.187 e. The van der Waals surface area contributed by atoms with E-state index < -0.39 is 0 Å². The molecule has 0 saturated heterocycles. The Balaban J connectivity index is 1.73. The van der Waals surface area contributed by atoms with Crippen LogP contribution >= 0.6 is 23.6 Å². The van der Waals surface area contributed by atoms with Crippen LogP contribution in [0.2, 0.25) is 0 Å². The SMILES string of the molecule is S=C(NCc1cccs1)NN=C(c1ccccc1)c1ccccc1. The fraction of sp³-hybridized carbons (Fsp3) is 0.0526. The molecule has 3 aromatic rings. The fourth-order valence-electron chi connectivity index (χ4n) is 2.21. The second-order valence-corrected chi connectivity index (χ2v) is 6.51. The van der Waals surface area contributed by atoms with Gasteiger partial charge in [0.15, 0.2) is 5.11 Å². The lowest BCUT2D eigenvalue weighted by Crippen LogP contribution is -2.32. The van der Waals surface area contributed by atoms with Gasteiger partial charge in [-0.15, -0.1) is 11.3 Å². The molecule has 0 unspecified atom stereocenters. The number of hydrogen-bond donors (Lipinski definition) is 2.